The van der Waals surface area contributed by atoms with Crippen molar-refractivity contribution in [2.75, 3.05) is 12.4 Å². The van der Waals surface area contributed by atoms with Crippen LogP contribution in [0.25, 0.3) is 0 Å². The van der Waals surface area contributed by atoms with E-state index in [9.17, 15) is 4.79 Å². The number of hydrogen-bond acceptors (Lipinski definition) is 6. The third-order valence-corrected chi connectivity index (χ3v) is 4.66. The standard InChI is InChI=1S/C17H21N7O2/c1-11-4-5-13(26-11)8-24-15(6-7-18-24)19-17(25)14-9-23-12(2)20-21-16(23)10-22(14)3/h4-7,14H,8-10H2,1-3H3,(H,19,25). The maximum Gasteiger partial charge on any atom is 0.244 e. The van der Waals surface area contributed by atoms with Crippen LogP contribution in [0.3, 0.4) is 0 Å². The molecule has 0 bridgehead atoms. The second kappa shape index (κ2) is 6.41. The summed E-state index contributed by atoms with van der Waals surface area (Å²) in [6.45, 7) is 5.38. The molecular formula is C17H21N7O2. The first-order chi connectivity index (χ1) is 12.5. The number of anilines is 1. The highest BCUT2D eigenvalue weighted by molar-refractivity contribution is 5.94. The molecule has 0 aromatic carbocycles. The van der Waals surface area contributed by atoms with Crippen LogP contribution in [0.4, 0.5) is 5.82 Å². The normalized spacial score (nSPS) is 17.3. The average Bonchev–Trinajstić information content (AvgIpc) is 3.30. The monoisotopic (exact) mass is 355 g/mol. The van der Waals surface area contributed by atoms with E-state index in [-0.39, 0.29) is 11.9 Å². The lowest BCUT2D eigenvalue weighted by molar-refractivity contribution is -0.122. The number of likely N-dealkylation sites (N-methyl/N-ethyl adjacent to an activating group) is 1. The van der Waals surface area contributed by atoms with Crippen LogP contribution in [-0.4, -0.2) is 48.4 Å². The molecule has 0 saturated heterocycles. The summed E-state index contributed by atoms with van der Waals surface area (Å²) in [6, 6.07) is 5.30. The first-order valence-electron chi connectivity index (χ1n) is 8.48. The number of aryl methyl sites for hydroxylation is 2. The van der Waals surface area contributed by atoms with Gasteiger partial charge in [-0.1, -0.05) is 0 Å². The van der Waals surface area contributed by atoms with E-state index in [1.165, 1.54) is 0 Å². The molecule has 4 heterocycles. The molecule has 9 heteroatoms. The van der Waals surface area contributed by atoms with Crippen molar-refractivity contribution < 1.29 is 9.21 Å². The molecule has 1 amide bonds. The van der Waals surface area contributed by atoms with E-state index in [1.54, 1.807) is 16.9 Å². The van der Waals surface area contributed by atoms with Crippen LogP contribution in [-0.2, 0) is 24.4 Å². The Balaban J connectivity index is 1.49. The Kier molecular flexibility index (Phi) is 4.08. The van der Waals surface area contributed by atoms with E-state index >= 15 is 0 Å². The predicted octanol–water partition coefficient (Wildman–Crippen LogP) is 1.19. The Hall–Kier alpha value is -2.94. The molecule has 9 nitrogen and oxygen atoms in total. The zero-order valence-electron chi connectivity index (χ0n) is 15.0. The summed E-state index contributed by atoms with van der Waals surface area (Å²) in [7, 11) is 1.92. The number of carbonyl (C=O) groups excluding carboxylic acids is 1. The molecule has 26 heavy (non-hydrogen) atoms. The lowest BCUT2D eigenvalue weighted by Gasteiger charge is -2.32. The van der Waals surface area contributed by atoms with Crippen molar-refractivity contribution in [1.82, 2.24) is 29.4 Å². The van der Waals surface area contributed by atoms with Crippen LogP contribution in [0.2, 0.25) is 0 Å². The molecule has 1 N–H and O–H groups in total. The Morgan fingerprint density at radius 2 is 2.15 bits per heavy atom. The summed E-state index contributed by atoms with van der Waals surface area (Å²) in [4.78, 5) is 14.8. The molecule has 3 aromatic rings. The molecule has 1 unspecified atom stereocenters. The van der Waals surface area contributed by atoms with Crippen molar-refractivity contribution in [3.8, 4) is 0 Å². The fourth-order valence-electron chi connectivity index (χ4n) is 3.20. The van der Waals surface area contributed by atoms with Gasteiger partial charge < -0.3 is 14.3 Å². The lowest BCUT2D eigenvalue weighted by Crippen LogP contribution is -2.48. The van der Waals surface area contributed by atoms with Crippen molar-refractivity contribution in [2.45, 2.75) is 39.5 Å². The predicted molar refractivity (Wildman–Crippen MR) is 93.4 cm³/mol. The number of hydrogen-bond donors (Lipinski definition) is 1. The van der Waals surface area contributed by atoms with E-state index in [0.717, 1.165) is 23.2 Å². The molecule has 0 radical (unpaired) electrons. The molecular weight excluding hydrogens is 334 g/mol. The van der Waals surface area contributed by atoms with Gasteiger partial charge in [0.25, 0.3) is 0 Å². The second-order valence-electron chi connectivity index (χ2n) is 6.58. The van der Waals surface area contributed by atoms with Gasteiger partial charge in [0.15, 0.2) is 0 Å². The SMILES string of the molecule is Cc1ccc(Cn2nccc2NC(=O)C2Cn3c(C)nnc3CN2C)o1. The van der Waals surface area contributed by atoms with E-state index < -0.39 is 0 Å². The molecule has 136 valence electrons. The van der Waals surface area contributed by atoms with Crippen molar-refractivity contribution in [3.05, 3.63) is 47.6 Å². The molecule has 1 aliphatic rings. The largest absolute Gasteiger partial charge is 0.464 e. The van der Waals surface area contributed by atoms with Gasteiger partial charge in [0.1, 0.15) is 41.6 Å². The average molecular weight is 355 g/mol. The maximum absolute atomic E-state index is 12.9. The fourth-order valence-corrected chi connectivity index (χ4v) is 3.20. The lowest BCUT2D eigenvalue weighted by atomic mass is 10.2. The zero-order chi connectivity index (χ0) is 18.3. The van der Waals surface area contributed by atoms with Crippen molar-refractivity contribution in [2.24, 2.45) is 0 Å². The van der Waals surface area contributed by atoms with Crippen LogP contribution in [0, 0.1) is 13.8 Å². The van der Waals surface area contributed by atoms with Gasteiger partial charge in [-0.25, -0.2) is 4.68 Å². The van der Waals surface area contributed by atoms with E-state index in [0.29, 0.717) is 25.5 Å². The van der Waals surface area contributed by atoms with Gasteiger partial charge in [0, 0.05) is 6.07 Å². The summed E-state index contributed by atoms with van der Waals surface area (Å²) in [5, 5.41) is 15.5. The van der Waals surface area contributed by atoms with Crippen molar-refractivity contribution in [3.63, 3.8) is 0 Å². The molecule has 0 aliphatic carbocycles. The van der Waals surface area contributed by atoms with Crippen LogP contribution < -0.4 is 5.32 Å². The minimum Gasteiger partial charge on any atom is -0.464 e. The number of nitrogens with one attached hydrogen (secondary N) is 1. The van der Waals surface area contributed by atoms with Gasteiger partial charge in [-0.15, -0.1) is 10.2 Å². The van der Waals surface area contributed by atoms with Crippen LogP contribution in [0.1, 0.15) is 23.2 Å². The number of amides is 1. The summed E-state index contributed by atoms with van der Waals surface area (Å²) < 4.78 is 9.30. The Morgan fingerprint density at radius 3 is 2.92 bits per heavy atom. The fraction of sp³-hybridized carbons (Fsp3) is 0.412. The minimum atomic E-state index is -0.300. The third kappa shape index (κ3) is 3.01. The van der Waals surface area contributed by atoms with Gasteiger partial charge in [0.2, 0.25) is 5.91 Å². The molecule has 4 rings (SSSR count). The van der Waals surface area contributed by atoms with E-state index in [2.05, 4.69) is 20.6 Å². The number of furan rings is 1. The summed E-state index contributed by atoms with van der Waals surface area (Å²) in [5.74, 6) is 3.91. The molecule has 1 atom stereocenters. The topological polar surface area (TPSA) is 94.0 Å². The van der Waals surface area contributed by atoms with Gasteiger partial charge in [-0.05, 0) is 33.0 Å². The highest BCUT2D eigenvalue weighted by atomic mass is 16.3. The third-order valence-electron chi connectivity index (χ3n) is 4.66. The highest BCUT2D eigenvalue weighted by Gasteiger charge is 2.31. The number of carbonyl (C=O) groups is 1. The quantitative estimate of drug-likeness (QED) is 0.755. The molecule has 1 aliphatic heterocycles. The second-order valence-corrected chi connectivity index (χ2v) is 6.58. The summed E-state index contributed by atoms with van der Waals surface area (Å²) in [5.41, 5.74) is 0. The smallest absolute Gasteiger partial charge is 0.244 e. The van der Waals surface area contributed by atoms with Gasteiger partial charge >= 0.3 is 0 Å². The number of rotatable bonds is 4. The van der Waals surface area contributed by atoms with E-state index in [1.807, 2.05) is 42.5 Å². The van der Waals surface area contributed by atoms with Crippen molar-refractivity contribution >= 4 is 11.7 Å². The molecule has 0 fully saturated rings. The Morgan fingerprint density at radius 1 is 1.31 bits per heavy atom. The van der Waals surface area contributed by atoms with Crippen molar-refractivity contribution in [1.29, 1.82) is 0 Å². The molecule has 3 aromatic heterocycles. The van der Waals surface area contributed by atoms with Gasteiger partial charge in [0.05, 0.1) is 19.3 Å². The Bertz CT molecular complexity index is 939. The first-order valence-corrected chi connectivity index (χ1v) is 8.48. The maximum atomic E-state index is 12.9. The Labute approximate surface area is 150 Å². The van der Waals surface area contributed by atoms with Gasteiger partial charge in [-0.3, -0.25) is 9.69 Å². The molecule has 0 saturated carbocycles. The summed E-state index contributed by atoms with van der Waals surface area (Å²) in [6.07, 6.45) is 1.66. The number of aromatic nitrogens is 5. The number of nitrogens with zero attached hydrogens (tertiary/aromatic N) is 6. The minimum absolute atomic E-state index is 0.0800. The van der Waals surface area contributed by atoms with Gasteiger partial charge in [-0.2, -0.15) is 5.10 Å². The van der Waals surface area contributed by atoms with Crippen LogP contribution in [0.15, 0.2) is 28.8 Å². The van der Waals surface area contributed by atoms with E-state index in [4.69, 9.17) is 4.42 Å². The first kappa shape index (κ1) is 16.5. The van der Waals surface area contributed by atoms with Crippen LogP contribution in [0.5, 0.6) is 0 Å². The molecule has 0 spiro atoms. The summed E-state index contributed by atoms with van der Waals surface area (Å²) >= 11 is 0. The number of fused-ring (bicyclic) bond motifs is 1. The zero-order valence-corrected chi connectivity index (χ0v) is 15.0. The van der Waals surface area contributed by atoms with Crippen LogP contribution >= 0.6 is 0 Å². The highest BCUT2D eigenvalue weighted by Crippen LogP contribution is 2.18.